The van der Waals surface area contributed by atoms with E-state index in [1.165, 1.54) is 7.11 Å². The van der Waals surface area contributed by atoms with Crippen molar-refractivity contribution >= 4 is 23.2 Å². The summed E-state index contributed by atoms with van der Waals surface area (Å²) in [5, 5.41) is 0. The molecule has 1 aliphatic rings. The van der Waals surface area contributed by atoms with Crippen molar-refractivity contribution in [2.75, 3.05) is 26.5 Å². The van der Waals surface area contributed by atoms with Gasteiger partial charge < -0.3 is 18.9 Å². The molecule has 7 heteroatoms. The van der Waals surface area contributed by atoms with Crippen molar-refractivity contribution in [2.24, 2.45) is 0 Å². The molecule has 0 radical (unpaired) electrons. The molecule has 0 saturated carbocycles. The molecular weight excluding hydrogens is 354 g/mol. The van der Waals surface area contributed by atoms with Gasteiger partial charge in [0.25, 0.3) is 0 Å². The largest absolute Gasteiger partial charge is 0.612 e. The first-order valence-electron chi connectivity index (χ1n) is 8.66. The summed E-state index contributed by atoms with van der Waals surface area (Å²) in [5.41, 5.74) is 0.860. The fourth-order valence-corrected chi connectivity index (χ4v) is 3.92. The van der Waals surface area contributed by atoms with Crippen LogP contribution in [0.4, 0.5) is 4.79 Å². The molecule has 1 saturated heterocycles. The second-order valence-corrected chi connectivity index (χ2v) is 8.79. The van der Waals surface area contributed by atoms with E-state index in [9.17, 15) is 14.1 Å². The van der Waals surface area contributed by atoms with E-state index in [-0.39, 0.29) is 12.0 Å². The van der Waals surface area contributed by atoms with Crippen molar-refractivity contribution in [1.82, 2.24) is 4.90 Å². The molecule has 0 aromatic heterocycles. The predicted octanol–water partition coefficient (Wildman–Crippen LogP) is 3.33. The Balaban J connectivity index is 2.11. The van der Waals surface area contributed by atoms with Crippen LogP contribution in [0.25, 0.3) is 0 Å². The van der Waals surface area contributed by atoms with Crippen LogP contribution in [0.2, 0.25) is 0 Å². The lowest BCUT2D eigenvalue weighted by Gasteiger charge is -2.34. The molecule has 0 bridgehead atoms. The van der Waals surface area contributed by atoms with Gasteiger partial charge >= 0.3 is 12.1 Å². The Hall–Kier alpha value is -1.73. The first-order chi connectivity index (χ1) is 12.1. The zero-order chi connectivity index (χ0) is 19.5. The van der Waals surface area contributed by atoms with E-state index in [0.29, 0.717) is 23.5 Å². The lowest BCUT2D eigenvalue weighted by Crippen LogP contribution is -2.41. The number of hydrogen-bond donors (Lipinski definition) is 0. The standard InChI is InChI=1S/C19H27NO5S/c1-19(2,3)25-18(22)20-10-8-13(9-11-20)15-7-6-14(17(21)24-4)12-16(15)26(5)23/h6-7,12-13H,8-11H2,1-5H3. The third-order valence-corrected chi connectivity index (χ3v) is 5.30. The number of amides is 1. The molecular formula is C19H27NO5S. The number of ether oxygens (including phenoxy) is 2. The van der Waals surface area contributed by atoms with Gasteiger partial charge in [0, 0.05) is 24.7 Å². The van der Waals surface area contributed by atoms with E-state index >= 15 is 0 Å². The van der Waals surface area contributed by atoms with Crippen molar-refractivity contribution in [3.05, 3.63) is 29.3 Å². The summed E-state index contributed by atoms with van der Waals surface area (Å²) in [7, 11) is 1.32. The van der Waals surface area contributed by atoms with Gasteiger partial charge in [0.15, 0.2) is 4.90 Å². The number of nitrogens with zero attached hydrogens (tertiary/aromatic N) is 1. The molecule has 0 N–H and O–H groups in total. The molecule has 1 aliphatic heterocycles. The highest BCUT2D eigenvalue weighted by Crippen LogP contribution is 2.33. The fraction of sp³-hybridized carbons (Fsp3) is 0.579. The molecule has 1 aromatic rings. The van der Waals surface area contributed by atoms with Gasteiger partial charge in [0.2, 0.25) is 0 Å². The number of likely N-dealkylation sites (tertiary alicyclic amines) is 1. The minimum atomic E-state index is -1.21. The zero-order valence-corrected chi connectivity index (χ0v) is 16.9. The van der Waals surface area contributed by atoms with Crippen molar-refractivity contribution < 1.29 is 23.6 Å². The average molecular weight is 381 g/mol. The fourth-order valence-electron chi connectivity index (χ4n) is 3.06. The highest BCUT2D eigenvalue weighted by Gasteiger charge is 2.30. The van der Waals surface area contributed by atoms with Crippen LogP contribution in [0.1, 0.15) is 55.5 Å². The Bertz CT molecular complexity index is 660. The molecule has 6 nitrogen and oxygen atoms in total. The van der Waals surface area contributed by atoms with Crippen LogP contribution >= 0.6 is 0 Å². The van der Waals surface area contributed by atoms with Crippen LogP contribution in [0, 0.1) is 0 Å². The van der Waals surface area contributed by atoms with Crippen LogP contribution in [0.3, 0.4) is 0 Å². The molecule has 1 atom stereocenters. The van der Waals surface area contributed by atoms with Gasteiger partial charge in [-0.1, -0.05) is 6.07 Å². The molecule has 1 heterocycles. The first kappa shape index (κ1) is 20.6. The van der Waals surface area contributed by atoms with E-state index < -0.39 is 22.7 Å². The van der Waals surface area contributed by atoms with Crippen LogP contribution in [-0.2, 0) is 20.6 Å². The highest BCUT2D eigenvalue weighted by atomic mass is 32.2. The smallest absolute Gasteiger partial charge is 0.410 e. The summed E-state index contributed by atoms with van der Waals surface area (Å²) in [6.45, 7) is 6.73. The predicted molar refractivity (Wildman–Crippen MR) is 99.9 cm³/mol. The molecule has 2 rings (SSSR count). The molecule has 1 unspecified atom stereocenters. The Morgan fingerprint density at radius 2 is 1.85 bits per heavy atom. The maximum absolute atomic E-state index is 12.2. The van der Waals surface area contributed by atoms with Gasteiger partial charge in [0.1, 0.15) is 11.9 Å². The Labute approximate surface area is 158 Å². The highest BCUT2D eigenvalue weighted by molar-refractivity contribution is 7.90. The van der Waals surface area contributed by atoms with Gasteiger partial charge in [0.05, 0.1) is 12.7 Å². The third-order valence-electron chi connectivity index (χ3n) is 4.33. The molecule has 0 spiro atoms. The molecule has 0 aliphatic carbocycles. The van der Waals surface area contributed by atoms with Crippen LogP contribution in [0.5, 0.6) is 0 Å². The molecule has 144 valence electrons. The Morgan fingerprint density at radius 1 is 1.23 bits per heavy atom. The normalized spacial score (nSPS) is 16.9. The summed E-state index contributed by atoms with van der Waals surface area (Å²) >= 11 is -1.21. The summed E-state index contributed by atoms with van der Waals surface area (Å²) in [6.07, 6.45) is 2.84. The first-order valence-corrected chi connectivity index (χ1v) is 10.2. The van der Waals surface area contributed by atoms with Crippen molar-refractivity contribution in [2.45, 2.75) is 50.0 Å². The summed E-state index contributed by atoms with van der Waals surface area (Å²) < 4.78 is 22.3. The summed E-state index contributed by atoms with van der Waals surface area (Å²) in [6, 6.07) is 5.21. The van der Waals surface area contributed by atoms with Crippen LogP contribution in [-0.4, -0.2) is 53.6 Å². The minimum absolute atomic E-state index is 0.194. The number of benzene rings is 1. The second-order valence-electron chi connectivity index (χ2n) is 7.44. The lowest BCUT2D eigenvalue weighted by atomic mass is 9.89. The monoisotopic (exact) mass is 381 g/mol. The molecule has 26 heavy (non-hydrogen) atoms. The molecule has 1 fully saturated rings. The Morgan fingerprint density at radius 3 is 2.35 bits per heavy atom. The van der Waals surface area contributed by atoms with E-state index in [0.717, 1.165) is 18.4 Å². The van der Waals surface area contributed by atoms with E-state index in [4.69, 9.17) is 9.47 Å². The van der Waals surface area contributed by atoms with Crippen LogP contribution in [0.15, 0.2) is 23.1 Å². The Kier molecular flexibility index (Phi) is 6.58. The molecule has 1 aromatic carbocycles. The minimum Gasteiger partial charge on any atom is -0.612 e. The van der Waals surface area contributed by atoms with Crippen molar-refractivity contribution in [3.63, 3.8) is 0 Å². The number of rotatable bonds is 3. The van der Waals surface area contributed by atoms with Crippen LogP contribution < -0.4 is 0 Å². The topological polar surface area (TPSA) is 78.9 Å². The quantitative estimate of drug-likeness (QED) is 0.593. The maximum atomic E-state index is 12.2. The van der Waals surface area contributed by atoms with Crippen molar-refractivity contribution in [3.8, 4) is 0 Å². The van der Waals surface area contributed by atoms with Crippen molar-refractivity contribution in [1.29, 1.82) is 0 Å². The maximum Gasteiger partial charge on any atom is 0.410 e. The summed E-state index contributed by atoms with van der Waals surface area (Å²) in [5.74, 6) is -0.248. The van der Waals surface area contributed by atoms with Gasteiger partial charge in [-0.15, -0.1) is 0 Å². The number of carbonyl (C=O) groups excluding carboxylic acids is 2. The average Bonchev–Trinajstić information content (AvgIpc) is 2.59. The second kappa shape index (κ2) is 8.31. The van der Waals surface area contributed by atoms with E-state index in [2.05, 4.69) is 0 Å². The van der Waals surface area contributed by atoms with E-state index in [1.54, 1.807) is 23.3 Å². The SMILES string of the molecule is COC(=O)c1ccc(C2CCN(C(=O)OC(C)(C)C)CC2)c([S+](C)[O-])c1. The van der Waals surface area contributed by atoms with Gasteiger partial charge in [-0.05, 0) is 56.8 Å². The number of piperidine rings is 1. The summed E-state index contributed by atoms with van der Waals surface area (Å²) in [4.78, 5) is 26.3. The zero-order valence-electron chi connectivity index (χ0n) is 16.0. The van der Waals surface area contributed by atoms with Gasteiger partial charge in [-0.25, -0.2) is 9.59 Å². The third kappa shape index (κ3) is 5.14. The molecule has 1 amide bonds. The van der Waals surface area contributed by atoms with Gasteiger partial charge in [-0.3, -0.25) is 0 Å². The number of hydrogen-bond acceptors (Lipinski definition) is 5. The lowest BCUT2D eigenvalue weighted by molar-refractivity contribution is 0.0204. The van der Waals surface area contributed by atoms with E-state index in [1.807, 2.05) is 26.8 Å². The number of carbonyl (C=O) groups is 2. The number of methoxy groups -OCH3 is 1. The van der Waals surface area contributed by atoms with Gasteiger partial charge in [-0.2, -0.15) is 0 Å². The number of esters is 1.